The van der Waals surface area contributed by atoms with Crippen molar-refractivity contribution in [2.45, 2.75) is 0 Å². The Balaban J connectivity index is 1.08. The summed E-state index contributed by atoms with van der Waals surface area (Å²) in [4.78, 5) is 4.78. The zero-order chi connectivity index (χ0) is 40.7. The number of anilines is 6. The van der Waals surface area contributed by atoms with Crippen LogP contribution in [0.5, 0.6) is 46.0 Å². The summed E-state index contributed by atoms with van der Waals surface area (Å²) in [6, 6.07) is 71.4. The van der Waals surface area contributed by atoms with E-state index in [1.54, 1.807) is 0 Å². The summed E-state index contributed by atoms with van der Waals surface area (Å²) in [6.07, 6.45) is 0. The maximum atomic E-state index is 7.09. The third-order valence-electron chi connectivity index (χ3n) is 12.4. The molecule has 0 fully saturated rings. The second kappa shape index (κ2) is 13.7. The molecule has 4 aliphatic rings. The van der Waals surface area contributed by atoms with Gasteiger partial charge in [-0.25, -0.2) is 0 Å². The van der Waals surface area contributed by atoms with Crippen molar-refractivity contribution in [3.05, 3.63) is 206 Å². The molecule has 8 heteroatoms. The smallest absolute Gasteiger partial charge is 0.260 e. The van der Waals surface area contributed by atoms with Gasteiger partial charge in [-0.1, -0.05) is 115 Å². The van der Waals surface area contributed by atoms with Crippen molar-refractivity contribution < 1.29 is 18.9 Å². The second-order valence-corrected chi connectivity index (χ2v) is 16.0. The van der Waals surface area contributed by atoms with Crippen molar-refractivity contribution >= 4 is 80.3 Å². The van der Waals surface area contributed by atoms with Crippen molar-refractivity contribution in [1.82, 2.24) is 0 Å². The topological polar surface area (TPSA) is 43.4 Å². The van der Waals surface area contributed by atoms with E-state index in [1.807, 2.05) is 78.9 Å². The number of nitrogens with zero attached hydrogens (tertiary/aromatic N) is 2. The quantitative estimate of drug-likeness (QED) is 0.156. The first-order chi connectivity index (χ1) is 30.7. The molecule has 0 bridgehead atoms. The van der Waals surface area contributed by atoms with Gasteiger partial charge in [-0.3, -0.25) is 0 Å². The van der Waals surface area contributed by atoms with Gasteiger partial charge in [-0.2, -0.15) is 0 Å². The Hall–Kier alpha value is -8.09. The summed E-state index contributed by atoms with van der Waals surface area (Å²) in [5.41, 5.74) is 13.2. The minimum Gasteiger partial charge on any atom is -0.458 e. The zero-order valence-electron chi connectivity index (χ0n) is 33.3. The van der Waals surface area contributed by atoms with Crippen LogP contribution >= 0.6 is 0 Å². The van der Waals surface area contributed by atoms with Crippen LogP contribution in [0, 0.1) is 0 Å². The molecule has 4 aliphatic heterocycles. The predicted molar refractivity (Wildman–Crippen MR) is 251 cm³/mol. The highest BCUT2D eigenvalue weighted by molar-refractivity contribution is 7.02. The lowest BCUT2D eigenvalue weighted by Crippen LogP contribution is -2.63. The van der Waals surface area contributed by atoms with E-state index in [9.17, 15) is 0 Å². The Kier molecular flexibility index (Phi) is 7.69. The van der Waals surface area contributed by atoms with Crippen molar-refractivity contribution in [3.8, 4) is 46.0 Å². The molecule has 0 amide bonds. The van der Waals surface area contributed by atoms with Crippen LogP contribution in [0.4, 0.5) is 34.1 Å². The molecular weight excluding hydrogens is 762 g/mol. The lowest BCUT2D eigenvalue weighted by atomic mass is 9.31. The van der Waals surface area contributed by atoms with Crippen LogP contribution < -0.4 is 61.5 Å². The Bertz CT molecular complexity index is 3220. The molecule has 0 aromatic heterocycles. The predicted octanol–water partition coefficient (Wildman–Crippen LogP) is 10.1. The van der Waals surface area contributed by atoms with Gasteiger partial charge in [0.1, 0.15) is 46.0 Å². The first-order valence-corrected chi connectivity index (χ1v) is 21.0. The molecule has 0 unspecified atom stereocenters. The summed E-state index contributed by atoms with van der Waals surface area (Å²) >= 11 is 0. The van der Waals surface area contributed by atoms with E-state index in [4.69, 9.17) is 18.9 Å². The molecule has 9 aromatic carbocycles. The average molecular weight is 796 g/mol. The molecule has 0 saturated heterocycles. The summed E-state index contributed by atoms with van der Waals surface area (Å²) < 4.78 is 26.9. The normalized spacial score (nSPS) is 13.3. The molecule has 13 rings (SSSR count). The number of hydrogen-bond acceptors (Lipinski definition) is 6. The van der Waals surface area contributed by atoms with Gasteiger partial charge in [0.15, 0.2) is 0 Å². The first-order valence-electron chi connectivity index (χ1n) is 21.0. The van der Waals surface area contributed by atoms with Crippen LogP contribution in [0.25, 0.3) is 0 Å². The maximum Gasteiger partial charge on any atom is 0.260 e. The molecule has 62 heavy (non-hydrogen) atoms. The Morgan fingerprint density at radius 1 is 0.306 bits per heavy atom. The van der Waals surface area contributed by atoms with Gasteiger partial charge >= 0.3 is 0 Å². The number of para-hydroxylation sites is 6. The third-order valence-corrected chi connectivity index (χ3v) is 12.4. The van der Waals surface area contributed by atoms with Gasteiger partial charge in [0.05, 0.1) is 0 Å². The van der Waals surface area contributed by atoms with E-state index in [0.29, 0.717) is 11.5 Å². The van der Waals surface area contributed by atoms with Crippen LogP contribution in [-0.4, -0.2) is 13.4 Å². The summed E-state index contributed by atoms with van der Waals surface area (Å²) in [5.74, 6) is 5.95. The van der Waals surface area contributed by atoms with Crippen LogP contribution in [0.2, 0.25) is 0 Å². The molecular formula is C54H34B2N2O4. The van der Waals surface area contributed by atoms with Crippen molar-refractivity contribution in [1.29, 1.82) is 0 Å². The van der Waals surface area contributed by atoms with E-state index >= 15 is 0 Å². The van der Waals surface area contributed by atoms with Crippen molar-refractivity contribution in [2.75, 3.05) is 9.80 Å². The molecule has 4 heterocycles. The van der Waals surface area contributed by atoms with Crippen molar-refractivity contribution in [2.24, 2.45) is 0 Å². The van der Waals surface area contributed by atoms with Crippen LogP contribution in [0.1, 0.15) is 0 Å². The lowest BCUT2D eigenvalue weighted by Gasteiger charge is -2.45. The molecule has 0 N–H and O–H groups in total. The van der Waals surface area contributed by atoms with Gasteiger partial charge in [0.25, 0.3) is 13.4 Å². The number of ether oxygens (including phenoxy) is 4. The van der Waals surface area contributed by atoms with E-state index < -0.39 is 0 Å². The Morgan fingerprint density at radius 3 is 1.42 bits per heavy atom. The van der Waals surface area contributed by atoms with Gasteiger partial charge in [0.2, 0.25) is 0 Å². The minimum absolute atomic E-state index is 0.111. The third kappa shape index (κ3) is 5.40. The van der Waals surface area contributed by atoms with Gasteiger partial charge in [-0.05, 0) is 88.0 Å². The molecule has 0 spiro atoms. The molecule has 0 atom stereocenters. The highest BCUT2D eigenvalue weighted by atomic mass is 16.5. The fourth-order valence-electron chi connectivity index (χ4n) is 9.91. The van der Waals surface area contributed by atoms with Gasteiger partial charge < -0.3 is 28.7 Å². The Labute approximate surface area is 359 Å². The molecule has 9 aromatic rings. The van der Waals surface area contributed by atoms with Crippen LogP contribution in [0.3, 0.4) is 0 Å². The molecule has 0 radical (unpaired) electrons. The van der Waals surface area contributed by atoms with Crippen LogP contribution in [0.15, 0.2) is 206 Å². The van der Waals surface area contributed by atoms with E-state index in [0.717, 1.165) is 85.0 Å². The molecule has 0 saturated carbocycles. The Morgan fingerprint density at radius 2 is 0.790 bits per heavy atom. The number of rotatable bonds is 6. The fourth-order valence-corrected chi connectivity index (χ4v) is 9.91. The molecule has 6 nitrogen and oxygen atoms in total. The number of benzene rings is 9. The first kappa shape index (κ1) is 34.7. The SMILES string of the molecule is c1ccc(Oc2cc3c4c(c2)Oc2cc5c(cc2B4c2ccccc2O3)B2c3ccccc3N(c3ccccc3)c3cc(Oc4ccccc4)cc(c32)N5c2ccccc2)cc1. The van der Waals surface area contributed by atoms with Crippen LogP contribution in [-0.2, 0) is 0 Å². The summed E-state index contributed by atoms with van der Waals surface area (Å²) in [6.45, 7) is -0.253. The van der Waals surface area contributed by atoms with Gasteiger partial charge in [0, 0.05) is 69.9 Å². The van der Waals surface area contributed by atoms with E-state index in [1.165, 1.54) is 16.4 Å². The standard InChI is InChI=1S/C54H34B2N2O4/c1-5-17-35(18-6-1)57-45-27-15-13-25-41(45)55-43-33-44-50(62-52-32-40(60-38-23-11-4-12-24-38)31-51-54(52)56(44)42-26-14-16-28-49(42)61-51)34-46(43)58(36-19-7-2-8-20-36)48-30-39(29-47(57)53(48)55)59-37-21-9-3-10-22-37/h1-34H. The maximum absolute atomic E-state index is 7.09. The summed E-state index contributed by atoms with van der Waals surface area (Å²) in [5, 5.41) is 0. The lowest BCUT2D eigenvalue weighted by molar-refractivity contribution is 0.443. The van der Waals surface area contributed by atoms with Gasteiger partial charge in [-0.15, -0.1) is 0 Å². The minimum atomic E-state index is -0.142. The number of fused-ring (bicyclic) bond motifs is 8. The number of hydrogen-bond donors (Lipinski definition) is 0. The van der Waals surface area contributed by atoms with E-state index in [2.05, 4.69) is 137 Å². The average Bonchev–Trinajstić information content (AvgIpc) is 3.32. The molecule has 290 valence electrons. The second-order valence-electron chi connectivity index (χ2n) is 16.0. The largest absolute Gasteiger partial charge is 0.458 e. The monoisotopic (exact) mass is 796 g/mol. The zero-order valence-corrected chi connectivity index (χ0v) is 33.3. The van der Waals surface area contributed by atoms with Crippen molar-refractivity contribution in [3.63, 3.8) is 0 Å². The molecule has 0 aliphatic carbocycles. The fraction of sp³-hybridized carbons (Fsp3) is 0. The highest BCUT2D eigenvalue weighted by Crippen LogP contribution is 2.48. The highest BCUT2D eigenvalue weighted by Gasteiger charge is 2.47. The summed E-state index contributed by atoms with van der Waals surface area (Å²) in [7, 11) is 0. The van der Waals surface area contributed by atoms with E-state index in [-0.39, 0.29) is 13.4 Å².